The van der Waals surface area contributed by atoms with Crippen LogP contribution in [-0.2, 0) is 42.9 Å². The summed E-state index contributed by atoms with van der Waals surface area (Å²) in [6, 6.07) is -0.734. The summed E-state index contributed by atoms with van der Waals surface area (Å²) in [5.74, 6) is -0.816. The van der Waals surface area contributed by atoms with Crippen LogP contribution in [0.3, 0.4) is 0 Å². The van der Waals surface area contributed by atoms with Crippen molar-refractivity contribution in [2.24, 2.45) is 5.73 Å². The second-order valence-electron chi connectivity index (χ2n) is 12.1. The number of carbonyl (C=O) groups is 5. The van der Waals surface area contributed by atoms with Crippen LogP contribution in [0.1, 0.15) is 110 Å². The number of ketones is 1. The molecule has 0 bridgehead atoms. The van der Waals surface area contributed by atoms with Crippen molar-refractivity contribution in [1.29, 1.82) is 0 Å². The van der Waals surface area contributed by atoms with Crippen LogP contribution < -0.4 is 27.0 Å². The number of nitrogens with two attached hydrogens (primary N) is 1. The summed E-state index contributed by atoms with van der Waals surface area (Å²) >= 11 is 0. The number of hydrogen-bond acceptors (Lipinski definition) is 10. The highest BCUT2D eigenvalue weighted by atomic mass is 16.5. The third kappa shape index (κ3) is 33.6. The van der Waals surface area contributed by atoms with Crippen molar-refractivity contribution < 1.29 is 42.9 Å². The Bertz CT molecular complexity index is 863. The molecule has 1 unspecified atom stereocenters. The van der Waals surface area contributed by atoms with Gasteiger partial charge in [-0.2, -0.15) is 0 Å². The van der Waals surface area contributed by atoms with Crippen LogP contribution in [0.15, 0.2) is 0 Å². The van der Waals surface area contributed by atoms with E-state index in [1.807, 2.05) is 0 Å². The summed E-state index contributed by atoms with van der Waals surface area (Å²) in [4.78, 5) is 59.8. The van der Waals surface area contributed by atoms with E-state index in [4.69, 9.17) is 24.7 Å². The average Bonchev–Trinajstić information content (AvgIpc) is 3.07. The number of nitrogens with one attached hydrogen (secondary N) is 4. The quantitative estimate of drug-likeness (QED) is 0.0605. The topological polar surface area (TPSA) is 196 Å². The molecule has 0 aliphatic carbocycles. The van der Waals surface area contributed by atoms with Crippen LogP contribution in [0, 0.1) is 0 Å². The summed E-state index contributed by atoms with van der Waals surface area (Å²) in [6.07, 6.45) is 14.3. The summed E-state index contributed by atoms with van der Waals surface area (Å²) < 4.78 is 21.5. The average molecular weight is 702 g/mol. The molecule has 14 nitrogen and oxygen atoms in total. The van der Waals surface area contributed by atoms with Crippen molar-refractivity contribution in [1.82, 2.24) is 21.3 Å². The standard InChI is InChI=1S/C35H67N5O9/c1-3-4-5-6-7-8-9-10-14-17-33(43)38-21-23-47-25-27-49-29-34(44)40-32(35(45)39-19-18-36)16-13-11-12-15-31(42)28-48-26-24-46-22-20-37-30(2)41/h32H,3-29,36H2,1-2H3,(H,37,41)(H,38,43)(H,39,45)(H,40,44). The van der Waals surface area contributed by atoms with Gasteiger partial charge in [-0.1, -0.05) is 71.1 Å². The molecule has 0 aliphatic heterocycles. The largest absolute Gasteiger partial charge is 0.377 e. The Morgan fingerprint density at radius 2 is 1.12 bits per heavy atom. The molecule has 0 saturated heterocycles. The van der Waals surface area contributed by atoms with Gasteiger partial charge in [0.2, 0.25) is 23.6 Å². The molecular formula is C35H67N5O9. The lowest BCUT2D eigenvalue weighted by Crippen LogP contribution is -2.48. The first-order valence-electron chi connectivity index (χ1n) is 18.4. The summed E-state index contributed by atoms with van der Waals surface area (Å²) in [5, 5.41) is 10.9. The van der Waals surface area contributed by atoms with E-state index in [0.717, 1.165) is 12.8 Å². The van der Waals surface area contributed by atoms with Crippen LogP contribution in [0.2, 0.25) is 0 Å². The molecule has 14 heteroatoms. The monoisotopic (exact) mass is 701 g/mol. The molecule has 6 N–H and O–H groups in total. The van der Waals surface area contributed by atoms with Gasteiger partial charge in [0, 0.05) is 45.9 Å². The van der Waals surface area contributed by atoms with Crippen molar-refractivity contribution in [2.75, 3.05) is 79.0 Å². The Kier molecular flexibility index (Phi) is 33.3. The molecule has 0 aromatic rings. The molecular weight excluding hydrogens is 634 g/mol. The van der Waals surface area contributed by atoms with E-state index in [2.05, 4.69) is 28.2 Å². The number of unbranched alkanes of at least 4 members (excludes halogenated alkanes) is 10. The zero-order valence-electron chi connectivity index (χ0n) is 30.4. The van der Waals surface area contributed by atoms with Crippen molar-refractivity contribution >= 4 is 29.4 Å². The molecule has 0 spiro atoms. The summed E-state index contributed by atoms with van der Waals surface area (Å²) in [5.41, 5.74) is 5.50. The van der Waals surface area contributed by atoms with Crippen LogP contribution >= 0.6 is 0 Å². The zero-order chi connectivity index (χ0) is 36.2. The molecule has 0 saturated carbocycles. The van der Waals surface area contributed by atoms with Crippen molar-refractivity contribution in [3.05, 3.63) is 0 Å². The Labute approximate surface area is 294 Å². The minimum absolute atomic E-state index is 0.0102. The zero-order valence-corrected chi connectivity index (χ0v) is 30.4. The Morgan fingerprint density at radius 3 is 1.76 bits per heavy atom. The molecule has 0 heterocycles. The van der Waals surface area contributed by atoms with Gasteiger partial charge >= 0.3 is 0 Å². The van der Waals surface area contributed by atoms with E-state index in [-0.39, 0.29) is 56.5 Å². The Morgan fingerprint density at radius 1 is 0.571 bits per heavy atom. The van der Waals surface area contributed by atoms with Gasteiger partial charge in [-0.25, -0.2) is 0 Å². The van der Waals surface area contributed by atoms with Crippen LogP contribution in [0.25, 0.3) is 0 Å². The van der Waals surface area contributed by atoms with Gasteiger partial charge in [0.1, 0.15) is 19.3 Å². The lowest BCUT2D eigenvalue weighted by atomic mass is 10.1. The molecule has 49 heavy (non-hydrogen) atoms. The predicted molar refractivity (Wildman–Crippen MR) is 189 cm³/mol. The van der Waals surface area contributed by atoms with Crippen LogP contribution in [0.4, 0.5) is 0 Å². The highest BCUT2D eigenvalue weighted by molar-refractivity contribution is 5.88. The van der Waals surface area contributed by atoms with Gasteiger partial charge in [-0.15, -0.1) is 0 Å². The van der Waals surface area contributed by atoms with E-state index < -0.39 is 11.9 Å². The van der Waals surface area contributed by atoms with E-state index in [1.54, 1.807) is 0 Å². The number of rotatable bonds is 36. The number of hydrogen-bond donors (Lipinski definition) is 5. The molecule has 0 radical (unpaired) electrons. The fourth-order valence-electron chi connectivity index (χ4n) is 4.78. The summed E-state index contributed by atoms with van der Waals surface area (Å²) in [6.45, 7) is 6.75. The maximum Gasteiger partial charge on any atom is 0.246 e. The van der Waals surface area contributed by atoms with Gasteiger partial charge in [0.05, 0.1) is 39.6 Å². The minimum Gasteiger partial charge on any atom is -0.377 e. The Balaban J connectivity index is 3.94. The van der Waals surface area contributed by atoms with Gasteiger partial charge in [0.25, 0.3) is 0 Å². The van der Waals surface area contributed by atoms with Crippen molar-refractivity contribution in [3.63, 3.8) is 0 Å². The van der Waals surface area contributed by atoms with E-state index >= 15 is 0 Å². The molecule has 0 fully saturated rings. The third-order valence-corrected chi connectivity index (χ3v) is 7.48. The molecule has 1 atom stereocenters. The lowest BCUT2D eigenvalue weighted by Gasteiger charge is -2.18. The van der Waals surface area contributed by atoms with E-state index in [0.29, 0.717) is 84.6 Å². The lowest BCUT2D eigenvalue weighted by molar-refractivity contribution is -0.132. The van der Waals surface area contributed by atoms with E-state index in [9.17, 15) is 24.0 Å². The van der Waals surface area contributed by atoms with Gasteiger partial charge in [-0.3, -0.25) is 24.0 Å². The molecule has 0 rings (SSSR count). The Hall–Kier alpha value is -2.65. The second kappa shape index (κ2) is 35.2. The smallest absolute Gasteiger partial charge is 0.246 e. The first kappa shape index (κ1) is 46.4. The summed E-state index contributed by atoms with van der Waals surface area (Å²) in [7, 11) is 0. The molecule has 0 aromatic carbocycles. The first-order chi connectivity index (χ1) is 23.8. The minimum atomic E-state index is -0.734. The normalized spacial score (nSPS) is 11.6. The van der Waals surface area contributed by atoms with Gasteiger partial charge in [-0.05, 0) is 19.3 Å². The maximum atomic E-state index is 12.6. The van der Waals surface area contributed by atoms with Gasteiger partial charge < -0.3 is 45.9 Å². The fraction of sp³-hybridized carbons (Fsp3) is 0.857. The third-order valence-electron chi connectivity index (χ3n) is 7.48. The highest BCUT2D eigenvalue weighted by Crippen LogP contribution is 2.10. The predicted octanol–water partition coefficient (Wildman–Crippen LogP) is 2.31. The van der Waals surface area contributed by atoms with Gasteiger partial charge in [0.15, 0.2) is 5.78 Å². The molecule has 0 aliphatic rings. The number of amides is 4. The molecule has 4 amide bonds. The fourth-order valence-corrected chi connectivity index (χ4v) is 4.78. The molecule has 0 aromatic heterocycles. The van der Waals surface area contributed by atoms with Crippen molar-refractivity contribution in [2.45, 2.75) is 116 Å². The first-order valence-corrected chi connectivity index (χ1v) is 18.4. The second-order valence-corrected chi connectivity index (χ2v) is 12.1. The van der Waals surface area contributed by atoms with E-state index in [1.165, 1.54) is 51.9 Å². The maximum absolute atomic E-state index is 12.6. The number of ether oxygens (including phenoxy) is 4. The van der Waals surface area contributed by atoms with Crippen LogP contribution in [0.5, 0.6) is 0 Å². The number of carbonyl (C=O) groups excluding carboxylic acids is 5. The SMILES string of the molecule is CCCCCCCCCCCC(=O)NCCOCCOCC(=O)NC(CCCCCC(=O)COCCOCCNC(C)=O)C(=O)NCCN. The number of Topliss-reactive ketones (excluding diaryl/α,β-unsaturated/α-hetero) is 1. The van der Waals surface area contributed by atoms with Crippen LogP contribution in [-0.4, -0.2) is 114 Å². The van der Waals surface area contributed by atoms with Crippen molar-refractivity contribution in [3.8, 4) is 0 Å². The molecule has 286 valence electrons. The highest BCUT2D eigenvalue weighted by Gasteiger charge is 2.20.